The van der Waals surface area contributed by atoms with Crippen LogP contribution in [0.1, 0.15) is 124 Å². The summed E-state index contributed by atoms with van der Waals surface area (Å²) in [4.78, 5) is 91.3. The van der Waals surface area contributed by atoms with Crippen molar-refractivity contribution in [3.63, 3.8) is 0 Å². The molecule has 3 atom stereocenters. The average molecular weight is 1730 g/mol. The Bertz CT molecular complexity index is 2300. The molecule has 0 aliphatic carbocycles. The van der Waals surface area contributed by atoms with E-state index in [1.807, 2.05) is 0 Å². The summed E-state index contributed by atoms with van der Waals surface area (Å²) >= 11 is 0. The smallest absolute Gasteiger partial charge is 0.407 e. The van der Waals surface area contributed by atoms with E-state index in [2.05, 4.69) is 18.8 Å². The van der Waals surface area contributed by atoms with Crippen LogP contribution in [0.3, 0.4) is 0 Å². The van der Waals surface area contributed by atoms with E-state index >= 15 is 0 Å². The number of alkyl carbamates (subject to hydrolysis) is 1. The molecular formula is C82H151NO36. The molecule has 0 radical (unpaired) electrons. The van der Waals surface area contributed by atoms with E-state index in [0.29, 0.717) is 224 Å². The molecule has 700 valence electrons. The average Bonchev–Trinajstić information content (AvgIpc) is 0.836. The van der Waals surface area contributed by atoms with Crippen molar-refractivity contribution in [1.82, 2.24) is 5.32 Å². The van der Waals surface area contributed by atoms with Gasteiger partial charge in [0.25, 0.3) is 0 Å². The van der Waals surface area contributed by atoms with Crippen molar-refractivity contribution < 1.29 is 171 Å². The van der Waals surface area contributed by atoms with Gasteiger partial charge in [-0.15, -0.1) is 0 Å². The Morgan fingerprint density at radius 3 is 1.02 bits per heavy atom. The summed E-state index contributed by atoms with van der Waals surface area (Å²) in [6.45, 7) is 22.2. The van der Waals surface area contributed by atoms with Gasteiger partial charge in [0, 0.05) is 26.9 Å². The molecule has 0 aliphatic rings. The molecule has 0 aliphatic heterocycles. The van der Waals surface area contributed by atoms with Crippen LogP contribution < -0.4 is 5.32 Å². The van der Waals surface area contributed by atoms with Crippen LogP contribution in [0.5, 0.6) is 0 Å². The zero-order chi connectivity index (χ0) is 86.7. The molecular weight excluding hydrogens is 1570 g/mol. The first-order chi connectivity index (χ1) is 58.2. The monoisotopic (exact) mass is 1730 g/mol. The lowest BCUT2D eigenvalue weighted by molar-refractivity contribution is -0.161. The van der Waals surface area contributed by atoms with E-state index in [1.54, 1.807) is 21.0 Å². The van der Waals surface area contributed by atoms with Gasteiger partial charge >= 0.3 is 41.9 Å². The van der Waals surface area contributed by atoms with Crippen molar-refractivity contribution in [2.45, 2.75) is 124 Å². The number of rotatable bonds is 97. The highest BCUT2D eigenvalue weighted by atomic mass is 16.7. The first-order valence-corrected chi connectivity index (χ1v) is 42.3. The van der Waals surface area contributed by atoms with E-state index in [4.69, 9.17) is 138 Å². The van der Waals surface area contributed by atoms with Gasteiger partial charge in [0.15, 0.2) is 0 Å². The Morgan fingerprint density at radius 1 is 0.319 bits per heavy atom. The molecule has 1 amide bonds. The fraction of sp³-hybridized carbons (Fsp3) is 0.890. The van der Waals surface area contributed by atoms with E-state index in [0.717, 1.165) is 31.8 Å². The number of hydrogen-bond acceptors (Lipinski definition) is 35. The topological polar surface area (TPSA) is 410 Å². The quantitative estimate of drug-likeness (QED) is 0.0218. The Hall–Kier alpha value is -5.05. The molecule has 0 aromatic heterocycles. The number of ether oxygens (including phenoxy) is 28. The van der Waals surface area contributed by atoms with Crippen LogP contribution in [0, 0.1) is 23.2 Å². The van der Waals surface area contributed by atoms with Crippen molar-refractivity contribution in [3.05, 3.63) is 12.7 Å². The van der Waals surface area contributed by atoms with Crippen molar-refractivity contribution in [2.75, 3.05) is 331 Å². The Kier molecular flexibility index (Phi) is 86.8. The summed E-state index contributed by atoms with van der Waals surface area (Å²) in [5, 5.41) is 11.0. The number of unbranched alkanes of at least 4 members (excludes halogenated alkanes) is 9. The lowest BCUT2D eigenvalue weighted by Gasteiger charge is -2.29. The van der Waals surface area contributed by atoms with Crippen LogP contribution >= 0.6 is 0 Å². The minimum atomic E-state index is -1.30. The third kappa shape index (κ3) is 82.3. The van der Waals surface area contributed by atoms with Gasteiger partial charge in [0.05, 0.1) is 300 Å². The molecule has 0 saturated carbocycles. The van der Waals surface area contributed by atoms with Crippen LogP contribution in [0.2, 0.25) is 0 Å². The van der Waals surface area contributed by atoms with E-state index in [1.165, 1.54) is 39.2 Å². The van der Waals surface area contributed by atoms with Gasteiger partial charge in [-0.25, -0.2) is 9.59 Å². The van der Waals surface area contributed by atoms with Crippen molar-refractivity contribution >= 4 is 41.9 Å². The predicted molar refractivity (Wildman–Crippen MR) is 431 cm³/mol. The first kappa shape index (κ1) is 114. The minimum Gasteiger partial charge on any atom is -0.481 e. The number of aliphatic carboxylic acids is 1. The van der Waals surface area contributed by atoms with Gasteiger partial charge in [-0.05, 0) is 52.4 Å². The largest absolute Gasteiger partial charge is 0.481 e. The molecule has 0 saturated heterocycles. The Balaban J connectivity index is 5.50. The standard InChI is InChI=1S/C82H151NO36/c1-7-9-10-11-12-13-14-15-16-17-23-115-78(88)73(69-74(70-82(3,4)80(90)118-65-63-113-71-93-6)79(89)116-64-62-112-61-60-111-59-58-110-57-56-105-45-44-102-39-38-99-33-32-96-27-26-92-5)68-72(77(87)117-66-67-119-81(91)83-21-25-114-76(86)8-2)19-18-22-94-28-30-97-34-36-100-40-42-103-46-48-106-50-52-108-54-55-109-53-51-107-49-47-104-43-41-101-37-35-98-31-29-95-24-20-75(84)85/h8,72-74H,2,7,9-71H2,1,3-6H3,(H,83,91)(H,84,85). The molecule has 0 bridgehead atoms. The van der Waals surface area contributed by atoms with Gasteiger partial charge in [0.2, 0.25) is 0 Å². The number of carboxylic acid groups (broad SMARTS) is 1. The zero-order valence-electron chi connectivity index (χ0n) is 72.5. The summed E-state index contributed by atoms with van der Waals surface area (Å²) in [6, 6.07) is 0. The highest BCUT2D eigenvalue weighted by Crippen LogP contribution is 2.35. The molecule has 37 nitrogen and oxygen atoms in total. The van der Waals surface area contributed by atoms with Crippen LogP contribution in [0.25, 0.3) is 0 Å². The normalized spacial score (nSPS) is 12.3. The zero-order valence-corrected chi connectivity index (χ0v) is 72.5. The maximum absolute atomic E-state index is 14.6. The lowest BCUT2D eigenvalue weighted by atomic mass is 9.77. The van der Waals surface area contributed by atoms with Gasteiger partial charge in [-0.2, -0.15) is 0 Å². The highest BCUT2D eigenvalue weighted by Gasteiger charge is 2.40. The van der Waals surface area contributed by atoms with Gasteiger partial charge in [-0.3, -0.25) is 24.0 Å². The summed E-state index contributed by atoms with van der Waals surface area (Å²) in [6.07, 6.45) is 10.8. The molecule has 0 spiro atoms. The van der Waals surface area contributed by atoms with E-state index in [-0.39, 0.29) is 138 Å². The van der Waals surface area contributed by atoms with Crippen LogP contribution in [-0.4, -0.2) is 378 Å². The van der Waals surface area contributed by atoms with Crippen LogP contribution in [0.15, 0.2) is 12.7 Å². The SMILES string of the molecule is C=CC(=O)OCCNC(=O)OCCOC(=O)C(CCCOCCOCCOCCOCCOCCOCCOCCOCCOCCOCCOCCOCCC(=O)O)CC(CC(CC(C)(C)C(=O)OCCOCOC)C(=O)OCCOCCOCCOCCOCCOCCOCCOCCOC)C(=O)OCCCCCCCCCCCC. The second-order valence-corrected chi connectivity index (χ2v) is 27.1. The van der Waals surface area contributed by atoms with Crippen LogP contribution in [0.4, 0.5) is 4.79 Å². The van der Waals surface area contributed by atoms with Gasteiger partial charge in [0.1, 0.15) is 39.8 Å². The maximum atomic E-state index is 14.6. The molecule has 119 heavy (non-hydrogen) atoms. The second-order valence-electron chi connectivity index (χ2n) is 27.1. The highest BCUT2D eigenvalue weighted by molar-refractivity contribution is 5.81. The van der Waals surface area contributed by atoms with Crippen molar-refractivity contribution in [1.29, 1.82) is 0 Å². The first-order valence-electron chi connectivity index (χ1n) is 42.3. The number of carboxylic acids is 1. The Morgan fingerprint density at radius 2 is 0.630 bits per heavy atom. The van der Waals surface area contributed by atoms with Crippen molar-refractivity contribution in [2.24, 2.45) is 23.2 Å². The summed E-state index contributed by atoms with van der Waals surface area (Å²) in [5.41, 5.74) is -1.30. The number of amides is 1. The molecule has 0 aromatic rings. The third-order valence-electron chi connectivity index (χ3n) is 16.7. The predicted octanol–water partition coefficient (Wildman–Crippen LogP) is 6.42. The fourth-order valence-corrected chi connectivity index (χ4v) is 10.5. The number of esters is 5. The van der Waals surface area contributed by atoms with Gasteiger partial charge in [-0.1, -0.05) is 71.3 Å². The molecule has 3 unspecified atom stereocenters. The fourth-order valence-electron chi connectivity index (χ4n) is 10.5. The Labute approximate surface area is 706 Å². The van der Waals surface area contributed by atoms with Gasteiger partial charge < -0.3 is 143 Å². The summed E-state index contributed by atoms with van der Waals surface area (Å²) < 4.78 is 154. The molecule has 0 fully saturated rings. The summed E-state index contributed by atoms with van der Waals surface area (Å²) in [7, 11) is 3.09. The van der Waals surface area contributed by atoms with E-state index < -0.39 is 65.1 Å². The number of methoxy groups -OCH3 is 2. The maximum Gasteiger partial charge on any atom is 0.407 e. The van der Waals surface area contributed by atoms with Crippen LogP contribution in [-0.2, 0) is 161 Å². The lowest BCUT2D eigenvalue weighted by Crippen LogP contribution is -2.36. The molecule has 2 N–H and O–H groups in total. The number of carbonyl (C=O) groups excluding carboxylic acids is 6. The van der Waals surface area contributed by atoms with Crippen molar-refractivity contribution in [3.8, 4) is 0 Å². The molecule has 0 heterocycles. The number of nitrogens with one attached hydrogen (secondary N) is 1. The minimum absolute atomic E-state index is 0.00623. The second kappa shape index (κ2) is 90.7. The summed E-state index contributed by atoms with van der Waals surface area (Å²) in [5.74, 6) is -7.41. The number of carbonyl (C=O) groups is 7. The molecule has 37 heteroatoms. The molecule has 0 rings (SSSR count). The molecule has 0 aromatic carbocycles. The van der Waals surface area contributed by atoms with E-state index in [9.17, 15) is 33.6 Å². The number of hydrogen-bond donors (Lipinski definition) is 2. The third-order valence-corrected chi connectivity index (χ3v) is 16.7.